The van der Waals surface area contributed by atoms with Gasteiger partial charge in [-0.05, 0) is 42.8 Å². The predicted octanol–water partition coefficient (Wildman–Crippen LogP) is 6.03. The van der Waals surface area contributed by atoms with Crippen molar-refractivity contribution in [1.29, 1.82) is 0 Å². The van der Waals surface area contributed by atoms with Crippen molar-refractivity contribution in [3.05, 3.63) is 76.4 Å². The molecule has 2 aromatic carbocycles. The van der Waals surface area contributed by atoms with Gasteiger partial charge in [0.25, 0.3) is 0 Å². The van der Waals surface area contributed by atoms with Crippen LogP contribution in [-0.4, -0.2) is 18.1 Å². The average molecular weight is 437 g/mol. The van der Waals surface area contributed by atoms with Crippen LogP contribution in [0.25, 0.3) is 0 Å². The molecular formula is C21H16ClF3N2O3. The number of carbonyl (C=O) groups excluding carboxylic acids is 1. The molecule has 0 amide bonds. The summed E-state index contributed by atoms with van der Waals surface area (Å²) < 4.78 is 49.9. The molecule has 156 valence electrons. The minimum atomic E-state index is -4.69. The van der Waals surface area contributed by atoms with Crippen LogP contribution < -0.4 is 14.8 Å². The standard InChI is InChI=1S/C21H16ClF3N2O3/c1-12-5-3-8-16(22)18(12)27-19-15(9-10-17(26-19)21(23,24)25)20(28)30-14-7-4-6-13(11-14)29-2/h3-11H,1-2H3,(H,26,27). The SMILES string of the molecule is COc1cccc(OC(=O)c2ccc(C(F)(F)F)nc2Nc2c(C)cccc2Cl)c1. The summed E-state index contributed by atoms with van der Waals surface area (Å²) in [7, 11) is 1.45. The maximum absolute atomic E-state index is 13.2. The number of aryl methyl sites for hydroxylation is 1. The van der Waals surface area contributed by atoms with Gasteiger partial charge in [0.05, 0.1) is 17.8 Å². The van der Waals surface area contributed by atoms with E-state index in [2.05, 4.69) is 10.3 Å². The Morgan fingerprint density at radius 1 is 1.07 bits per heavy atom. The van der Waals surface area contributed by atoms with Crippen molar-refractivity contribution in [3.8, 4) is 11.5 Å². The number of aromatic nitrogens is 1. The van der Waals surface area contributed by atoms with Crippen molar-refractivity contribution in [3.63, 3.8) is 0 Å². The summed E-state index contributed by atoms with van der Waals surface area (Å²) in [5, 5.41) is 3.01. The molecule has 0 aliphatic carbocycles. The lowest BCUT2D eigenvalue weighted by Crippen LogP contribution is -2.16. The van der Waals surface area contributed by atoms with Crippen LogP contribution >= 0.6 is 11.6 Å². The fraction of sp³-hybridized carbons (Fsp3) is 0.143. The first-order valence-electron chi connectivity index (χ1n) is 8.65. The third-order valence-electron chi connectivity index (χ3n) is 4.12. The van der Waals surface area contributed by atoms with Crippen LogP contribution in [0.5, 0.6) is 11.5 Å². The van der Waals surface area contributed by atoms with Crippen LogP contribution in [0.3, 0.4) is 0 Å². The zero-order chi connectivity index (χ0) is 21.9. The highest BCUT2D eigenvalue weighted by Gasteiger charge is 2.34. The van der Waals surface area contributed by atoms with Crippen LogP contribution in [-0.2, 0) is 6.18 Å². The van der Waals surface area contributed by atoms with Crippen LogP contribution in [0.1, 0.15) is 21.6 Å². The summed E-state index contributed by atoms with van der Waals surface area (Å²) in [6.07, 6.45) is -4.69. The molecule has 3 rings (SSSR count). The van der Waals surface area contributed by atoms with Crippen molar-refractivity contribution in [2.45, 2.75) is 13.1 Å². The molecule has 3 aromatic rings. The number of anilines is 2. The number of methoxy groups -OCH3 is 1. The monoisotopic (exact) mass is 436 g/mol. The Labute approximate surface area is 175 Å². The molecule has 0 radical (unpaired) electrons. The molecule has 0 saturated carbocycles. The van der Waals surface area contributed by atoms with Crippen LogP contribution in [0.4, 0.5) is 24.7 Å². The number of hydrogen-bond acceptors (Lipinski definition) is 5. The molecule has 0 unspecified atom stereocenters. The first kappa shape index (κ1) is 21.4. The lowest BCUT2D eigenvalue weighted by atomic mass is 10.1. The van der Waals surface area contributed by atoms with Crippen molar-refractivity contribution in [1.82, 2.24) is 4.98 Å². The maximum atomic E-state index is 13.2. The maximum Gasteiger partial charge on any atom is 0.433 e. The number of esters is 1. The third-order valence-corrected chi connectivity index (χ3v) is 4.44. The van der Waals surface area contributed by atoms with E-state index in [1.54, 1.807) is 37.3 Å². The van der Waals surface area contributed by atoms with Crippen LogP contribution in [0.2, 0.25) is 5.02 Å². The van der Waals surface area contributed by atoms with Crippen molar-refractivity contribution >= 4 is 29.1 Å². The summed E-state index contributed by atoms with van der Waals surface area (Å²) >= 11 is 6.16. The zero-order valence-corrected chi connectivity index (χ0v) is 16.6. The average Bonchev–Trinajstić information content (AvgIpc) is 2.70. The van der Waals surface area contributed by atoms with Gasteiger partial charge in [-0.2, -0.15) is 13.2 Å². The molecular weight excluding hydrogens is 421 g/mol. The summed E-state index contributed by atoms with van der Waals surface area (Å²) in [5.41, 5.74) is -0.354. The molecule has 0 saturated heterocycles. The van der Waals surface area contributed by atoms with Gasteiger partial charge in [-0.25, -0.2) is 9.78 Å². The number of halogens is 4. The van der Waals surface area contributed by atoms with Gasteiger partial charge in [0.1, 0.15) is 28.6 Å². The van der Waals surface area contributed by atoms with E-state index >= 15 is 0 Å². The zero-order valence-electron chi connectivity index (χ0n) is 15.9. The van der Waals surface area contributed by atoms with E-state index in [-0.39, 0.29) is 22.2 Å². The Kier molecular flexibility index (Phi) is 6.17. The molecule has 0 fully saturated rings. The normalized spacial score (nSPS) is 11.1. The van der Waals surface area contributed by atoms with Gasteiger partial charge in [0, 0.05) is 6.07 Å². The number of nitrogens with one attached hydrogen (secondary N) is 1. The van der Waals surface area contributed by atoms with Crippen molar-refractivity contribution in [2.75, 3.05) is 12.4 Å². The summed E-state index contributed by atoms with van der Waals surface area (Å²) in [6, 6.07) is 13.0. The summed E-state index contributed by atoms with van der Waals surface area (Å²) in [6.45, 7) is 1.72. The second kappa shape index (κ2) is 8.62. The quantitative estimate of drug-likeness (QED) is 0.390. The number of para-hydroxylation sites is 1. The lowest BCUT2D eigenvalue weighted by Gasteiger charge is -2.16. The van der Waals surface area contributed by atoms with Gasteiger partial charge in [-0.15, -0.1) is 0 Å². The number of nitrogens with zero attached hydrogens (tertiary/aromatic N) is 1. The van der Waals surface area contributed by atoms with E-state index in [1.165, 1.54) is 19.2 Å². The Morgan fingerprint density at radius 3 is 2.43 bits per heavy atom. The van der Waals surface area contributed by atoms with Gasteiger partial charge in [-0.1, -0.05) is 29.8 Å². The highest BCUT2D eigenvalue weighted by atomic mass is 35.5. The molecule has 30 heavy (non-hydrogen) atoms. The van der Waals surface area contributed by atoms with E-state index in [1.807, 2.05) is 0 Å². The Bertz CT molecular complexity index is 1070. The molecule has 0 aliphatic rings. The Morgan fingerprint density at radius 2 is 1.77 bits per heavy atom. The summed E-state index contributed by atoms with van der Waals surface area (Å²) in [4.78, 5) is 16.3. The molecule has 1 aromatic heterocycles. The molecule has 0 aliphatic heterocycles. The van der Waals surface area contributed by atoms with Gasteiger partial charge >= 0.3 is 12.1 Å². The molecule has 1 heterocycles. The number of pyridine rings is 1. The Hall–Kier alpha value is -3.26. The summed E-state index contributed by atoms with van der Waals surface area (Å²) in [5.74, 6) is -0.597. The van der Waals surface area contributed by atoms with Gasteiger partial charge in [0.2, 0.25) is 0 Å². The Balaban J connectivity index is 2.01. The number of rotatable bonds is 5. The first-order valence-corrected chi connectivity index (χ1v) is 9.03. The molecule has 5 nitrogen and oxygen atoms in total. The fourth-order valence-corrected chi connectivity index (χ4v) is 2.88. The van der Waals surface area contributed by atoms with Crippen LogP contribution in [0, 0.1) is 6.92 Å². The number of benzene rings is 2. The minimum absolute atomic E-state index is 0.166. The van der Waals surface area contributed by atoms with E-state index < -0.39 is 17.8 Å². The van der Waals surface area contributed by atoms with E-state index in [4.69, 9.17) is 21.1 Å². The number of ether oxygens (including phenoxy) is 2. The number of hydrogen-bond donors (Lipinski definition) is 1. The van der Waals surface area contributed by atoms with Gasteiger partial charge in [0.15, 0.2) is 0 Å². The van der Waals surface area contributed by atoms with E-state index in [0.717, 1.165) is 6.07 Å². The number of alkyl halides is 3. The van der Waals surface area contributed by atoms with Crippen molar-refractivity contribution in [2.24, 2.45) is 0 Å². The molecule has 0 spiro atoms. The second-order valence-corrected chi connectivity index (χ2v) is 6.62. The van der Waals surface area contributed by atoms with Crippen molar-refractivity contribution < 1.29 is 27.4 Å². The minimum Gasteiger partial charge on any atom is -0.497 e. The number of carbonyl (C=O) groups is 1. The lowest BCUT2D eigenvalue weighted by molar-refractivity contribution is -0.141. The second-order valence-electron chi connectivity index (χ2n) is 6.22. The van der Waals surface area contributed by atoms with Gasteiger partial charge in [-0.3, -0.25) is 0 Å². The van der Waals surface area contributed by atoms with Crippen LogP contribution in [0.15, 0.2) is 54.6 Å². The smallest absolute Gasteiger partial charge is 0.433 e. The highest BCUT2D eigenvalue weighted by molar-refractivity contribution is 6.33. The third kappa shape index (κ3) is 4.83. The molecule has 9 heteroatoms. The van der Waals surface area contributed by atoms with Gasteiger partial charge < -0.3 is 14.8 Å². The first-order chi connectivity index (χ1) is 14.2. The van der Waals surface area contributed by atoms with E-state index in [9.17, 15) is 18.0 Å². The predicted molar refractivity (Wildman–Crippen MR) is 107 cm³/mol. The largest absolute Gasteiger partial charge is 0.497 e. The topological polar surface area (TPSA) is 60.5 Å². The fourth-order valence-electron chi connectivity index (χ4n) is 2.61. The molecule has 1 N–H and O–H groups in total. The molecule has 0 atom stereocenters. The van der Waals surface area contributed by atoms with E-state index in [0.29, 0.717) is 23.1 Å². The highest BCUT2D eigenvalue weighted by Crippen LogP contribution is 2.33. The molecule has 0 bridgehead atoms.